The second-order valence-electron chi connectivity index (χ2n) is 3.92. The lowest BCUT2D eigenvalue weighted by Crippen LogP contribution is -2.16. The van der Waals surface area contributed by atoms with Gasteiger partial charge in [-0.3, -0.25) is 0 Å². The van der Waals surface area contributed by atoms with Crippen LogP contribution in [0.25, 0.3) is 0 Å². The Kier molecular flexibility index (Phi) is 3.53. The van der Waals surface area contributed by atoms with Crippen molar-refractivity contribution < 1.29 is 12.8 Å². The summed E-state index contributed by atoms with van der Waals surface area (Å²) in [5.74, 6) is -0.307. The molecule has 0 aliphatic heterocycles. The first kappa shape index (κ1) is 13.1. The molecule has 0 aliphatic carbocycles. The first-order chi connectivity index (χ1) is 9.00. The van der Waals surface area contributed by atoms with Crippen molar-refractivity contribution in [3.8, 4) is 6.07 Å². The van der Waals surface area contributed by atoms with Crippen molar-refractivity contribution in [1.82, 2.24) is 4.98 Å². The molecule has 2 rings (SSSR count). The van der Waals surface area contributed by atoms with Crippen molar-refractivity contribution in [3.63, 3.8) is 0 Å². The number of aromatic nitrogens is 1. The van der Waals surface area contributed by atoms with E-state index in [9.17, 15) is 8.42 Å². The standard InChI is InChI=1S/C12H11N3O3S/c1-9-7-18-12(14-9)15-19(16,17)8-11-5-3-2-4-10(11)6-13/h2-5,7H,8H2,1H3,(H,14,15). The summed E-state index contributed by atoms with van der Waals surface area (Å²) in [5.41, 5.74) is 1.34. The molecule has 6 nitrogen and oxygen atoms in total. The maximum Gasteiger partial charge on any atom is 0.308 e. The van der Waals surface area contributed by atoms with Crippen LogP contribution in [0, 0.1) is 18.3 Å². The van der Waals surface area contributed by atoms with Gasteiger partial charge in [-0.1, -0.05) is 18.2 Å². The highest BCUT2D eigenvalue weighted by atomic mass is 32.2. The van der Waals surface area contributed by atoms with Crippen LogP contribution in [0.3, 0.4) is 0 Å². The van der Waals surface area contributed by atoms with Crippen molar-refractivity contribution in [1.29, 1.82) is 5.26 Å². The summed E-state index contributed by atoms with van der Waals surface area (Å²) in [7, 11) is -3.66. The lowest BCUT2D eigenvalue weighted by Gasteiger charge is -2.05. The first-order valence-corrected chi connectivity index (χ1v) is 7.06. The van der Waals surface area contributed by atoms with Crippen molar-refractivity contribution in [2.24, 2.45) is 0 Å². The number of oxazole rings is 1. The zero-order valence-corrected chi connectivity index (χ0v) is 10.9. The molecule has 1 heterocycles. The molecule has 0 saturated heterocycles. The molecule has 2 aromatic rings. The summed E-state index contributed by atoms with van der Waals surface area (Å²) in [6.07, 6.45) is 1.35. The smallest absolute Gasteiger partial charge is 0.308 e. The molecule has 1 aromatic heterocycles. The SMILES string of the molecule is Cc1coc(NS(=O)(=O)Cc2ccccc2C#N)n1. The van der Waals surface area contributed by atoms with Crippen LogP contribution in [-0.4, -0.2) is 13.4 Å². The topological polar surface area (TPSA) is 96.0 Å². The van der Waals surface area contributed by atoms with Crippen LogP contribution in [0.4, 0.5) is 6.01 Å². The number of hydrogen-bond acceptors (Lipinski definition) is 5. The molecule has 0 radical (unpaired) electrons. The predicted octanol–water partition coefficient (Wildman–Crippen LogP) is 1.80. The average molecular weight is 277 g/mol. The average Bonchev–Trinajstić information content (AvgIpc) is 2.74. The van der Waals surface area contributed by atoms with Gasteiger partial charge in [0, 0.05) is 0 Å². The van der Waals surface area contributed by atoms with E-state index in [1.807, 2.05) is 6.07 Å². The van der Waals surface area contributed by atoms with Crippen molar-refractivity contribution in [2.75, 3.05) is 4.72 Å². The predicted molar refractivity (Wildman–Crippen MR) is 68.6 cm³/mol. The Morgan fingerprint density at radius 1 is 1.42 bits per heavy atom. The molecule has 0 amide bonds. The van der Waals surface area contributed by atoms with E-state index in [0.717, 1.165) is 0 Å². The number of nitriles is 1. The van der Waals surface area contributed by atoms with Crippen LogP contribution >= 0.6 is 0 Å². The number of hydrogen-bond donors (Lipinski definition) is 1. The Morgan fingerprint density at radius 3 is 2.79 bits per heavy atom. The van der Waals surface area contributed by atoms with Crippen LogP contribution in [0.15, 0.2) is 34.9 Å². The molecule has 0 aliphatic rings. The molecule has 0 fully saturated rings. The van der Waals surface area contributed by atoms with E-state index in [1.54, 1.807) is 31.2 Å². The summed E-state index contributed by atoms with van der Waals surface area (Å²) >= 11 is 0. The van der Waals surface area contributed by atoms with E-state index in [0.29, 0.717) is 16.8 Å². The number of anilines is 1. The highest BCUT2D eigenvalue weighted by molar-refractivity contribution is 7.91. The molecule has 0 atom stereocenters. The van der Waals surface area contributed by atoms with Gasteiger partial charge in [0.25, 0.3) is 0 Å². The van der Waals surface area contributed by atoms with Crippen LogP contribution in [0.2, 0.25) is 0 Å². The summed E-state index contributed by atoms with van der Waals surface area (Å²) < 4.78 is 31.0. The second-order valence-corrected chi connectivity index (χ2v) is 5.65. The quantitative estimate of drug-likeness (QED) is 0.919. The Hall–Kier alpha value is -2.33. The fraction of sp³-hybridized carbons (Fsp3) is 0.167. The number of nitrogens with zero attached hydrogens (tertiary/aromatic N) is 2. The second kappa shape index (κ2) is 5.12. The Bertz CT molecular complexity index is 729. The van der Waals surface area contributed by atoms with E-state index in [2.05, 4.69) is 9.71 Å². The van der Waals surface area contributed by atoms with Gasteiger partial charge in [-0.2, -0.15) is 10.2 Å². The highest BCUT2D eigenvalue weighted by Gasteiger charge is 2.16. The maximum atomic E-state index is 11.9. The Balaban J connectivity index is 2.20. The van der Waals surface area contributed by atoms with Crippen molar-refractivity contribution in [3.05, 3.63) is 47.3 Å². The van der Waals surface area contributed by atoms with Gasteiger partial charge in [-0.15, -0.1) is 0 Å². The minimum Gasteiger partial charge on any atom is -0.431 e. The van der Waals surface area contributed by atoms with Gasteiger partial charge in [-0.05, 0) is 18.6 Å². The van der Waals surface area contributed by atoms with Gasteiger partial charge in [0.1, 0.15) is 6.26 Å². The molecule has 1 aromatic carbocycles. The van der Waals surface area contributed by atoms with Crippen LogP contribution in [-0.2, 0) is 15.8 Å². The number of nitrogens with one attached hydrogen (secondary N) is 1. The molecular weight excluding hydrogens is 266 g/mol. The van der Waals surface area contributed by atoms with E-state index in [4.69, 9.17) is 9.68 Å². The Labute approximate surface area is 110 Å². The van der Waals surface area contributed by atoms with Gasteiger partial charge in [0.15, 0.2) is 0 Å². The number of sulfonamides is 1. The van der Waals surface area contributed by atoms with E-state index in [-0.39, 0.29) is 11.8 Å². The fourth-order valence-corrected chi connectivity index (χ4v) is 2.62. The number of rotatable bonds is 4. The van der Waals surface area contributed by atoms with Gasteiger partial charge >= 0.3 is 6.01 Å². The molecule has 0 bridgehead atoms. The lowest BCUT2D eigenvalue weighted by atomic mass is 10.1. The molecule has 19 heavy (non-hydrogen) atoms. The van der Waals surface area contributed by atoms with E-state index >= 15 is 0 Å². The lowest BCUT2D eigenvalue weighted by molar-refractivity contribution is 0.569. The van der Waals surface area contributed by atoms with Gasteiger partial charge < -0.3 is 4.42 Å². The van der Waals surface area contributed by atoms with Crippen LogP contribution in [0.5, 0.6) is 0 Å². The van der Waals surface area contributed by atoms with Gasteiger partial charge in [0.05, 0.1) is 23.1 Å². The normalized spacial score (nSPS) is 10.9. The van der Waals surface area contributed by atoms with Gasteiger partial charge in [-0.25, -0.2) is 13.1 Å². The largest absolute Gasteiger partial charge is 0.431 e. The summed E-state index contributed by atoms with van der Waals surface area (Å²) in [6, 6.07) is 8.40. The summed E-state index contributed by atoms with van der Waals surface area (Å²) in [6.45, 7) is 1.69. The maximum absolute atomic E-state index is 11.9. The van der Waals surface area contributed by atoms with Crippen LogP contribution in [0.1, 0.15) is 16.8 Å². The molecule has 98 valence electrons. The number of aryl methyl sites for hydroxylation is 1. The van der Waals surface area contributed by atoms with Crippen molar-refractivity contribution >= 4 is 16.0 Å². The monoisotopic (exact) mass is 277 g/mol. The summed E-state index contributed by atoms with van der Waals surface area (Å²) in [4.78, 5) is 3.86. The fourth-order valence-electron chi connectivity index (χ4n) is 1.53. The minimum atomic E-state index is -3.66. The Morgan fingerprint density at radius 2 is 2.16 bits per heavy atom. The van der Waals surface area contributed by atoms with Gasteiger partial charge in [0.2, 0.25) is 10.0 Å². The van der Waals surface area contributed by atoms with E-state index in [1.165, 1.54) is 6.26 Å². The minimum absolute atomic E-state index is 0.0769. The third-order valence-corrected chi connectivity index (χ3v) is 3.52. The van der Waals surface area contributed by atoms with Crippen molar-refractivity contribution in [2.45, 2.75) is 12.7 Å². The first-order valence-electron chi connectivity index (χ1n) is 5.41. The molecule has 0 saturated carbocycles. The highest BCUT2D eigenvalue weighted by Crippen LogP contribution is 2.14. The molecule has 0 spiro atoms. The third kappa shape index (κ3) is 3.33. The molecule has 7 heteroatoms. The van der Waals surface area contributed by atoms with E-state index < -0.39 is 10.0 Å². The zero-order chi connectivity index (χ0) is 13.9. The third-order valence-electron chi connectivity index (χ3n) is 2.35. The van der Waals surface area contributed by atoms with Crippen LogP contribution < -0.4 is 4.72 Å². The molecular formula is C12H11N3O3S. The zero-order valence-electron chi connectivity index (χ0n) is 10.1. The summed E-state index contributed by atoms with van der Waals surface area (Å²) in [5, 5.41) is 8.91. The molecule has 1 N–H and O–H groups in total. The molecule has 0 unspecified atom stereocenters. The number of benzene rings is 1.